The Labute approximate surface area is 104 Å². The molecule has 17 heavy (non-hydrogen) atoms. The van der Waals surface area contributed by atoms with E-state index >= 15 is 0 Å². The quantitative estimate of drug-likeness (QED) is 0.537. The number of phenolic OH excluding ortho intramolecular Hbond substituents is 1. The van der Waals surface area contributed by atoms with Gasteiger partial charge < -0.3 is 5.11 Å². The third-order valence-corrected chi connectivity index (χ3v) is 2.93. The number of benzene rings is 1. The van der Waals surface area contributed by atoms with Crippen LogP contribution < -0.4 is 0 Å². The average molecular weight is 234 g/mol. The van der Waals surface area contributed by atoms with Gasteiger partial charge in [-0.15, -0.1) is 0 Å². The highest BCUT2D eigenvalue weighted by Crippen LogP contribution is 2.14. The molecule has 0 saturated carbocycles. The van der Waals surface area contributed by atoms with Gasteiger partial charge in [-0.25, -0.2) is 0 Å². The maximum Gasteiger partial charge on any atom is 0.163 e. The standard InChI is InChI=1S/C15H22O2/c1-2-3-4-5-6-7-11-15(17)13-9-8-10-14(16)12-13/h8-10,12,16H,2-7,11H2,1H3. The van der Waals surface area contributed by atoms with Gasteiger partial charge in [-0.1, -0.05) is 51.2 Å². The molecule has 0 fully saturated rings. The molecule has 2 nitrogen and oxygen atoms in total. The molecular weight excluding hydrogens is 212 g/mol. The zero-order valence-corrected chi connectivity index (χ0v) is 10.6. The molecule has 1 N–H and O–H groups in total. The third-order valence-electron chi connectivity index (χ3n) is 2.93. The van der Waals surface area contributed by atoms with Crippen LogP contribution >= 0.6 is 0 Å². The van der Waals surface area contributed by atoms with E-state index in [2.05, 4.69) is 6.92 Å². The van der Waals surface area contributed by atoms with E-state index in [1.165, 1.54) is 25.7 Å². The first-order valence-corrected chi connectivity index (χ1v) is 6.56. The van der Waals surface area contributed by atoms with Gasteiger partial charge in [-0.2, -0.15) is 0 Å². The molecule has 0 radical (unpaired) electrons. The minimum Gasteiger partial charge on any atom is -0.508 e. The lowest BCUT2D eigenvalue weighted by molar-refractivity contribution is 0.0978. The Hall–Kier alpha value is -1.31. The summed E-state index contributed by atoms with van der Waals surface area (Å²) < 4.78 is 0. The second-order valence-corrected chi connectivity index (χ2v) is 4.49. The van der Waals surface area contributed by atoms with Crippen molar-refractivity contribution in [2.24, 2.45) is 0 Å². The lowest BCUT2D eigenvalue weighted by atomic mass is 10.0. The zero-order chi connectivity index (χ0) is 12.5. The topological polar surface area (TPSA) is 37.3 Å². The number of aromatic hydroxyl groups is 1. The molecule has 1 aromatic rings. The SMILES string of the molecule is CCCCCCCCC(=O)c1cccc(O)c1. The third kappa shape index (κ3) is 5.53. The smallest absolute Gasteiger partial charge is 0.163 e. The predicted molar refractivity (Wildman–Crippen MR) is 70.4 cm³/mol. The van der Waals surface area contributed by atoms with Crippen LogP contribution in [0.25, 0.3) is 0 Å². The molecule has 0 amide bonds. The summed E-state index contributed by atoms with van der Waals surface area (Å²) in [6, 6.07) is 6.60. The highest BCUT2D eigenvalue weighted by molar-refractivity contribution is 5.96. The van der Waals surface area contributed by atoms with Crippen LogP contribution in [0.5, 0.6) is 5.75 Å². The number of ketones is 1. The number of carbonyl (C=O) groups is 1. The van der Waals surface area contributed by atoms with Crippen molar-refractivity contribution in [3.05, 3.63) is 29.8 Å². The van der Waals surface area contributed by atoms with Crippen LogP contribution in [0, 0.1) is 0 Å². The summed E-state index contributed by atoms with van der Waals surface area (Å²) in [5, 5.41) is 9.28. The Morgan fingerprint density at radius 2 is 1.82 bits per heavy atom. The van der Waals surface area contributed by atoms with E-state index in [9.17, 15) is 9.90 Å². The monoisotopic (exact) mass is 234 g/mol. The first kappa shape index (κ1) is 13.8. The Bertz CT molecular complexity index is 345. The Balaban J connectivity index is 2.21. The summed E-state index contributed by atoms with van der Waals surface area (Å²) in [6.45, 7) is 2.20. The van der Waals surface area contributed by atoms with Crippen LogP contribution in [0.4, 0.5) is 0 Å². The van der Waals surface area contributed by atoms with E-state index in [0.717, 1.165) is 12.8 Å². The van der Waals surface area contributed by atoms with Gasteiger partial charge in [0.25, 0.3) is 0 Å². The Kier molecular flexibility index (Phi) is 6.38. The molecule has 0 saturated heterocycles. The van der Waals surface area contributed by atoms with Crippen molar-refractivity contribution >= 4 is 5.78 Å². The molecule has 0 spiro atoms. The van der Waals surface area contributed by atoms with E-state index in [1.54, 1.807) is 24.3 Å². The molecule has 94 valence electrons. The van der Waals surface area contributed by atoms with Gasteiger partial charge in [0.1, 0.15) is 5.75 Å². The first-order valence-electron chi connectivity index (χ1n) is 6.56. The highest BCUT2D eigenvalue weighted by Gasteiger charge is 2.05. The van der Waals surface area contributed by atoms with Crippen LogP contribution in [0.1, 0.15) is 62.2 Å². The molecule has 0 aliphatic rings. The van der Waals surface area contributed by atoms with E-state index in [-0.39, 0.29) is 11.5 Å². The van der Waals surface area contributed by atoms with Crippen molar-refractivity contribution in [3.63, 3.8) is 0 Å². The zero-order valence-electron chi connectivity index (χ0n) is 10.6. The van der Waals surface area contributed by atoms with Crippen LogP contribution in [0.15, 0.2) is 24.3 Å². The molecule has 0 aromatic heterocycles. The largest absolute Gasteiger partial charge is 0.508 e. The fourth-order valence-electron chi connectivity index (χ4n) is 1.89. The maximum atomic E-state index is 11.8. The van der Waals surface area contributed by atoms with E-state index in [1.807, 2.05) is 0 Å². The van der Waals surface area contributed by atoms with Crippen LogP contribution in [-0.4, -0.2) is 10.9 Å². The summed E-state index contributed by atoms with van der Waals surface area (Å²) >= 11 is 0. The van der Waals surface area contributed by atoms with Gasteiger partial charge in [-0.05, 0) is 18.6 Å². The number of Topliss-reactive ketones (excluding diaryl/α,β-unsaturated/α-hetero) is 1. The number of unbranched alkanes of at least 4 members (excludes halogenated alkanes) is 5. The fraction of sp³-hybridized carbons (Fsp3) is 0.533. The second-order valence-electron chi connectivity index (χ2n) is 4.49. The Morgan fingerprint density at radius 3 is 2.53 bits per heavy atom. The predicted octanol–water partition coefficient (Wildman–Crippen LogP) is 4.33. The molecule has 0 bridgehead atoms. The molecule has 0 atom stereocenters. The molecule has 2 heteroatoms. The number of rotatable bonds is 8. The summed E-state index contributed by atoms with van der Waals surface area (Å²) in [6.07, 6.45) is 7.72. The van der Waals surface area contributed by atoms with Gasteiger partial charge in [0.2, 0.25) is 0 Å². The van der Waals surface area contributed by atoms with Gasteiger partial charge in [0, 0.05) is 12.0 Å². The number of hydrogen-bond donors (Lipinski definition) is 1. The highest BCUT2D eigenvalue weighted by atomic mass is 16.3. The molecule has 0 aliphatic carbocycles. The molecule has 1 rings (SSSR count). The molecular formula is C15H22O2. The van der Waals surface area contributed by atoms with Gasteiger partial charge in [0.05, 0.1) is 0 Å². The molecule has 0 heterocycles. The molecule has 1 aromatic carbocycles. The van der Waals surface area contributed by atoms with Crippen LogP contribution in [0.3, 0.4) is 0 Å². The second kappa shape index (κ2) is 7.88. The van der Waals surface area contributed by atoms with Crippen molar-refractivity contribution in [1.29, 1.82) is 0 Å². The lowest BCUT2D eigenvalue weighted by Gasteiger charge is -2.02. The van der Waals surface area contributed by atoms with Gasteiger partial charge in [0.15, 0.2) is 5.78 Å². The summed E-state index contributed by atoms with van der Waals surface area (Å²) in [5.41, 5.74) is 0.624. The van der Waals surface area contributed by atoms with Crippen molar-refractivity contribution in [3.8, 4) is 5.75 Å². The van der Waals surface area contributed by atoms with Crippen LogP contribution in [0.2, 0.25) is 0 Å². The van der Waals surface area contributed by atoms with Crippen molar-refractivity contribution in [1.82, 2.24) is 0 Å². The van der Waals surface area contributed by atoms with E-state index in [4.69, 9.17) is 0 Å². The molecule has 0 unspecified atom stereocenters. The Morgan fingerprint density at radius 1 is 1.12 bits per heavy atom. The van der Waals surface area contributed by atoms with Gasteiger partial charge in [-0.3, -0.25) is 4.79 Å². The van der Waals surface area contributed by atoms with Crippen molar-refractivity contribution in [2.45, 2.75) is 51.9 Å². The van der Waals surface area contributed by atoms with E-state index < -0.39 is 0 Å². The molecule has 0 aliphatic heterocycles. The van der Waals surface area contributed by atoms with E-state index in [0.29, 0.717) is 12.0 Å². The maximum absolute atomic E-state index is 11.8. The van der Waals surface area contributed by atoms with Crippen molar-refractivity contribution < 1.29 is 9.90 Å². The first-order chi connectivity index (χ1) is 8.24. The lowest BCUT2D eigenvalue weighted by Crippen LogP contribution is -1.98. The summed E-state index contributed by atoms with van der Waals surface area (Å²) in [4.78, 5) is 11.8. The number of carbonyl (C=O) groups excluding carboxylic acids is 1. The summed E-state index contributed by atoms with van der Waals surface area (Å²) in [7, 11) is 0. The van der Waals surface area contributed by atoms with Crippen LogP contribution in [-0.2, 0) is 0 Å². The fourth-order valence-corrected chi connectivity index (χ4v) is 1.89. The minimum atomic E-state index is 0.136. The van der Waals surface area contributed by atoms with Crippen molar-refractivity contribution in [2.75, 3.05) is 0 Å². The van der Waals surface area contributed by atoms with Gasteiger partial charge >= 0.3 is 0 Å². The average Bonchev–Trinajstić information content (AvgIpc) is 2.33. The number of phenols is 1. The number of hydrogen-bond acceptors (Lipinski definition) is 2. The normalized spacial score (nSPS) is 10.4. The minimum absolute atomic E-state index is 0.136. The summed E-state index contributed by atoms with van der Waals surface area (Å²) in [5.74, 6) is 0.301.